The van der Waals surface area contributed by atoms with Crippen LogP contribution in [0.4, 0.5) is 5.69 Å². The molecule has 1 unspecified atom stereocenters. The molecule has 0 aliphatic heterocycles. The van der Waals surface area contributed by atoms with E-state index < -0.39 is 16.1 Å². The number of nitrogens with one attached hydrogen (secondary N) is 1. The monoisotopic (exact) mass is 555 g/mol. The third-order valence-electron chi connectivity index (χ3n) is 6.26. The molecule has 0 heterocycles. The average Bonchev–Trinajstić information content (AvgIpc) is 2.89. The van der Waals surface area contributed by atoms with Gasteiger partial charge in [0.1, 0.15) is 6.04 Å². The van der Waals surface area contributed by atoms with Gasteiger partial charge >= 0.3 is 0 Å². The molecular weight excluding hydrogens is 522 g/mol. The number of aryl methyl sites for hydroxylation is 1. The maximum atomic E-state index is 13.6. The number of anilines is 1. The number of rotatable bonds is 12. The van der Waals surface area contributed by atoms with Crippen LogP contribution in [0.1, 0.15) is 29.5 Å². The standard InChI is InChI=1S/C29H34ClN3O4S/c1-22-11-13-24(14-12-22)21-32(27(29(35)31-2)20-23-8-5-4-6-9-23)28(34)10-7-19-33(38(3,36)37)26-17-15-25(30)16-18-26/h4-6,8-9,11-18,27H,7,10,19-21H2,1-3H3,(H,31,35). The highest BCUT2D eigenvalue weighted by molar-refractivity contribution is 7.92. The number of carbonyl (C=O) groups is 2. The van der Waals surface area contributed by atoms with Crippen molar-refractivity contribution in [2.45, 2.75) is 38.8 Å². The number of hydrogen-bond acceptors (Lipinski definition) is 4. The van der Waals surface area contributed by atoms with Crippen molar-refractivity contribution in [3.63, 3.8) is 0 Å². The molecule has 3 aromatic carbocycles. The maximum Gasteiger partial charge on any atom is 0.242 e. The summed E-state index contributed by atoms with van der Waals surface area (Å²) in [5, 5.41) is 3.21. The Kier molecular flexibility index (Phi) is 10.3. The number of halogens is 1. The molecule has 0 aliphatic carbocycles. The lowest BCUT2D eigenvalue weighted by Gasteiger charge is -2.31. The van der Waals surface area contributed by atoms with Crippen LogP contribution in [-0.4, -0.2) is 51.0 Å². The van der Waals surface area contributed by atoms with Crippen molar-refractivity contribution in [3.8, 4) is 0 Å². The van der Waals surface area contributed by atoms with E-state index in [0.29, 0.717) is 17.1 Å². The van der Waals surface area contributed by atoms with Crippen molar-refractivity contribution in [3.05, 3.63) is 101 Å². The highest BCUT2D eigenvalue weighted by Crippen LogP contribution is 2.22. The van der Waals surface area contributed by atoms with Gasteiger partial charge in [0, 0.05) is 38.0 Å². The van der Waals surface area contributed by atoms with E-state index in [9.17, 15) is 18.0 Å². The zero-order chi connectivity index (χ0) is 27.7. The minimum Gasteiger partial charge on any atom is -0.357 e. The van der Waals surface area contributed by atoms with E-state index in [0.717, 1.165) is 22.9 Å². The molecule has 0 saturated heterocycles. The quantitative estimate of drug-likeness (QED) is 0.354. The van der Waals surface area contributed by atoms with Crippen LogP contribution in [0, 0.1) is 6.92 Å². The van der Waals surface area contributed by atoms with Gasteiger partial charge in [0.25, 0.3) is 0 Å². The third kappa shape index (κ3) is 8.33. The van der Waals surface area contributed by atoms with Gasteiger partial charge in [-0.3, -0.25) is 13.9 Å². The van der Waals surface area contributed by atoms with Gasteiger partial charge in [0.15, 0.2) is 0 Å². The zero-order valence-corrected chi connectivity index (χ0v) is 23.5. The summed E-state index contributed by atoms with van der Waals surface area (Å²) < 4.78 is 26.2. The molecule has 38 heavy (non-hydrogen) atoms. The lowest BCUT2D eigenvalue weighted by atomic mass is 10.0. The Morgan fingerprint density at radius 2 is 1.55 bits per heavy atom. The van der Waals surface area contributed by atoms with Crippen LogP contribution in [0.3, 0.4) is 0 Å². The Balaban J connectivity index is 1.83. The highest BCUT2D eigenvalue weighted by Gasteiger charge is 2.30. The van der Waals surface area contributed by atoms with Crippen molar-refractivity contribution in [1.82, 2.24) is 10.2 Å². The first-order valence-electron chi connectivity index (χ1n) is 12.4. The summed E-state index contributed by atoms with van der Waals surface area (Å²) in [5.41, 5.74) is 3.42. The summed E-state index contributed by atoms with van der Waals surface area (Å²) in [7, 11) is -2.01. The summed E-state index contributed by atoms with van der Waals surface area (Å²) in [6.07, 6.45) is 1.85. The van der Waals surface area contributed by atoms with E-state index in [1.807, 2.05) is 61.5 Å². The Bertz CT molecular complexity index is 1310. The molecule has 0 saturated carbocycles. The molecule has 0 radical (unpaired) electrons. The number of hydrogen-bond donors (Lipinski definition) is 1. The molecule has 0 aliphatic rings. The van der Waals surface area contributed by atoms with Crippen LogP contribution >= 0.6 is 11.6 Å². The summed E-state index contributed by atoms with van der Waals surface area (Å²) in [5.74, 6) is -0.479. The number of likely N-dealkylation sites (N-methyl/N-ethyl adjacent to an activating group) is 1. The lowest BCUT2D eigenvalue weighted by molar-refractivity contribution is -0.141. The fraction of sp³-hybridized carbons (Fsp3) is 0.310. The minimum absolute atomic E-state index is 0.0771. The SMILES string of the molecule is CNC(=O)C(Cc1ccccc1)N(Cc1ccc(C)cc1)C(=O)CCCN(c1ccc(Cl)cc1)S(C)(=O)=O. The molecule has 3 aromatic rings. The topological polar surface area (TPSA) is 86.8 Å². The Hall–Kier alpha value is -3.36. The Morgan fingerprint density at radius 1 is 0.921 bits per heavy atom. The molecule has 0 bridgehead atoms. The second-order valence-electron chi connectivity index (χ2n) is 9.24. The summed E-state index contributed by atoms with van der Waals surface area (Å²) in [6.45, 7) is 2.37. The predicted octanol–water partition coefficient (Wildman–Crippen LogP) is 4.58. The number of sulfonamides is 1. The molecule has 0 aromatic heterocycles. The molecular formula is C29H34ClN3O4S. The Labute approximate surface area is 230 Å². The largest absolute Gasteiger partial charge is 0.357 e. The van der Waals surface area contributed by atoms with Crippen LogP contribution in [0.15, 0.2) is 78.9 Å². The number of carbonyl (C=O) groups excluding carboxylic acids is 2. The molecule has 9 heteroatoms. The Morgan fingerprint density at radius 3 is 2.13 bits per heavy atom. The minimum atomic E-state index is -3.57. The van der Waals surface area contributed by atoms with Crippen LogP contribution in [-0.2, 0) is 32.6 Å². The van der Waals surface area contributed by atoms with Crippen LogP contribution < -0.4 is 9.62 Å². The molecule has 7 nitrogen and oxygen atoms in total. The van der Waals surface area contributed by atoms with E-state index in [1.54, 1.807) is 36.2 Å². The van der Waals surface area contributed by atoms with Crippen molar-refractivity contribution >= 4 is 39.1 Å². The number of amides is 2. The fourth-order valence-corrected chi connectivity index (χ4v) is 5.31. The second-order valence-corrected chi connectivity index (χ2v) is 11.6. The van der Waals surface area contributed by atoms with E-state index in [1.165, 1.54) is 4.31 Å². The van der Waals surface area contributed by atoms with Gasteiger partial charge in [-0.25, -0.2) is 8.42 Å². The first-order valence-corrected chi connectivity index (χ1v) is 14.6. The van der Waals surface area contributed by atoms with Gasteiger partial charge in [-0.2, -0.15) is 0 Å². The van der Waals surface area contributed by atoms with Crippen molar-refractivity contribution < 1.29 is 18.0 Å². The average molecular weight is 556 g/mol. The molecule has 2 amide bonds. The van der Waals surface area contributed by atoms with Gasteiger partial charge in [-0.05, 0) is 48.7 Å². The van der Waals surface area contributed by atoms with E-state index >= 15 is 0 Å². The first kappa shape index (κ1) is 29.2. The van der Waals surface area contributed by atoms with Crippen molar-refractivity contribution in [2.24, 2.45) is 0 Å². The van der Waals surface area contributed by atoms with Gasteiger partial charge in [0.05, 0.1) is 11.9 Å². The van der Waals surface area contributed by atoms with Gasteiger partial charge in [0.2, 0.25) is 21.8 Å². The lowest BCUT2D eigenvalue weighted by Crippen LogP contribution is -2.49. The van der Waals surface area contributed by atoms with Crippen LogP contribution in [0.2, 0.25) is 5.02 Å². The van der Waals surface area contributed by atoms with Gasteiger partial charge in [-0.1, -0.05) is 71.8 Å². The summed E-state index contributed by atoms with van der Waals surface area (Å²) in [6, 6.07) is 23.2. The van der Waals surface area contributed by atoms with Crippen molar-refractivity contribution in [1.29, 1.82) is 0 Å². The summed E-state index contributed by atoms with van der Waals surface area (Å²) >= 11 is 5.96. The zero-order valence-electron chi connectivity index (χ0n) is 21.9. The molecule has 0 spiro atoms. The van der Waals surface area contributed by atoms with E-state index in [4.69, 9.17) is 11.6 Å². The normalized spacial score (nSPS) is 12.0. The van der Waals surface area contributed by atoms with E-state index in [-0.39, 0.29) is 37.7 Å². The second kappa shape index (κ2) is 13.4. The van der Waals surface area contributed by atoms with Crippen LogP contribution in [0.25, 0.3) is 0 Å². The van der Waals surface area contributed by atoms with Crippen LogP contribution in [0.5, 0.6) is 0 Å². The highest BCUT2D eigenvalue weighted by atomic mass is 35.5. The molecule has 1 atom stereocenters. The smallest absolute Gasteiger partial charge is 0.242 e. The fourth-order valence-electron chi connectivity index (χ4n) is 4.22. The number of nitrogens with zero attached hydrogens (tertiary/aromatic N) is 2. The first-order chi connectivity index (χ1) is 18.1. The predicted molar refractivity (Wildman–Crippen MR) is 153 cm³/mol. The molecule has 0 fully saturated rings. The van der Waals surface area contributed by atoms with Gasteiger partial charge in [-0.15, -0.1) is 0 Å². The molecule has 3 rings (SSSR count). The van der Waals surface area contributed by atoms with E-state index in [2.05, 4.69) is 5.32 Å². The molecule has 1 N–H and O–H groups in total. The third-order valence-corrected chi connectivity index (χ3v) is 7.70. The van der Waals surface area contributed by atoms with Crippen molar-refractivity contribution in [2.75, 3.05) is 24.2 Å². The molecule has 202 valence electrons. The summed E-state index contributed by atoms with van der Waals surface area (Å²) in [4.78, 5) is 28.3. The van der Waals surface area contributed by atoms with Gasteiger partial charge < -0.3 is 10.2 Å². The number of benzene rings is 3. The maximum absolute atomic E-state index is 13.6.